The Hall–Kier alpha value is -6.75. The highest BCUT2D eigenvalue weighted by Crippen LogP contribution is 2.50. The first-order chi connectivity index (χ1) is 23.6. The second-order valence-electron chi connectivity index (χ2n) is 10.9. The molecule has 0 saturated carbocycles. The molecule has 0 saturated heterocycles. The van der Waals surface area contributed by atoms with Crippen molar-refractivity contribution in [3.05, 3.63) is 105 Å². The van der Waals surface area contributed by atoms with Gasteiger partial charge >= 0.3 is 17.9 Å². The average Bonchev–Trinajstić information content (AvgIpc) is 3.35. The number of allylic oxidation sites excluding steroid dienone is 4. The zero-order valence-electron chi connectivity index (χ0n) is 27.5. The molecular formula is C39H30N4O6. The molecule has 0 aromatic carbocycles. The minimum absolute atomic E-state index is 0.0415. The van der Waals surface area contributed by atoms with E-state index >= 15 is 0 Å². The number of hydrogen-bond acceptors (Lipinski definition) is 10. The van der Waals surface area contributed by atoms with E-state index in [0.29, 0.717) is 11.1 Å². The lowest BCUT2D eigenvalue weighted by atomic mass is 9.83. The number of fused-ring (bicyclic) bond motifs is 2. The number of ether oxygens (including phenoxy) is 3. The predicted octanol–water partition coefficient (Wildman–Crippen LogP) is 7.46. The third-order valence-electron chi connectivity index (χ3n) is 7.85. The summed E-state index contributed by atoms with van der Waals surface area (Å²) in [4.78, 5) is 40.9. The summed E-state index contributed by atoms with van der Waals surface area (Å²) in [5, 5.41) is 41.6. The molecule has 49 heavy (non-hydrogen) atoms. The molecule has 10 nitrogen and oxygen atoms in total. The Morgan fingerprint density at radius 2 is 1.12 bits per heavy atom. The van der Waals surface area contributed by atoms with Gasteiger partial charge in [0, 0.05) is 16.7 Å². The van der Waals surface area contributed by atoms with E-state index in [1.165, 1.54) is 13.2 Å². The van der Waals surface area contributed by atoms with Crippen molar-refractivity contribution in [1.82, 2.24) is 0 Å². The lowest BCUT2D eigenvalue weighted by molar-refractivity contribution is 0.0525. The van der Waals surface area contributed by atoms with Gasteiger partial charge in [0.15, 0.2) is 0 Å². The van der Waals surface area contributed by atoms with E-state index in [9.17, 15) is 35.4 Å². The molecule has 0 N–H and O–H groups in total. The van der Waals surface area contributed by atoms with Crippen LogP contribution in [0.1, 0.15) is 81.4 Å². The van der Waals surface area contributed by atoms with Crippen LogP contribution in [0.15, 0.2) is 71.8 Å². The molecule has 10 heteroatoms. The fourth-order valence-electron chi connectivity index (χ4n) is 5.74. The molecule has 0 heterocycles. The van der Waals surface area contributed by atoms with Gasteiger partial charge in [-0.25, -0.2) is 14.4 Å². The van der Waals surface area contributed by atoms with Crippen molar-refractivity contribution in [1.29, 1.82) is 21.0 Å². The standard InChI is InChI=1S/C39H30N4O6/c1-6-48-38(45)34-27-13-9-8-10-14-28(27)35(39(46)49-7-2)36(34)33(25(20-42)21-43)32(24(18-40)19-41)30-17-31(37(44)47-5)29-16-23(22(3)4)12-11-15-26(29)30/h8-17,22H,6-7H2,1-5H3. The number of carbonyl (C=O) groups is 3. The monoisotopic (exact) mass is 650 g/mol. The maximum atomic E-state index is 13.9. The third-order valence-corrected chi connectivity index (χ3v) is 7.85. The first-order valence-electron chi connectivity index (χ1n) is 15.3. The minimum atomic E-state index is -0.887. The van der Waals surface area contributed by atoms with E-state index < -0.39 is 29.1 Å². The summed E-state index contributed by atoms with van der Waals surface area (Å²) in [6, 6.07) is 24.0. The van der Waals surface area contributed by atoms with Crippen molar-refractivity contribution in [3.8, 4) is 46.5 Å². The first kappa shape index (κ1) is 35.1. The van der Waals surface area contributed by atoms with Crippen LogP contribution in [-0.2, 0) is 14.2 Å². The van der Waals surface area contributed by atoms with Gasteiger partial charge < -0.3 is 14.2 Å². The van der Waals surface area contributed by atoms with Crippen LogP contribution in [0.2, 0.25) is 0 Å². The number of carbonyl (C=O) groups excluding carboxylic acids is 3. The van der Waals surface area contributed by atoms with Gasteiger partial charge in [0.05, 0.1) is 37.0 Å². The van der Waals surface area contributed by atoms with Crippen LogP contribution in [0.25, 0.3) is 33.4 Å². The maximum Gasteiger partial charge on any atom is 0.339 e. The van der Waals surface area contributed by atoms with E-state index in [2.05, 4.69) is 0 Å². The van der Waals surface area contributed by atoms with Crippen molar-refractivity contribution in [3.63, 3.8) is 0 Å². The van der Waals surface area contributed by atoms with E-state index in [1.54, 1.807) is 62.4 Å². The molecule has 0 fully saturated rings. The molecule has 4 rings (SSSR count). The Morgan fingerprint density at radius 3 is 1.59 bits per heavy atom. The van der Waals surface area contributed by atoms with Crippen LogP contribution in [-0.4, -0.2) is 38.2 Å². The van der Waals surface area contributed by atoms with Gasteiger partial charge in [-0.2, -0.15) is 21.0 Å². The second kappa shape index (κ2) is 15.2. The summed E-state index contributed by atoms with van der Waals surface area (Å²) in [5.41, 5.74) is -0.0699. The quantitative estimate of drug-likeness (QED) is 0.0765. The summed E-state index contributed by atoms with van der Waals surface area (Å²) >= 11 is 0. The second-order valence-corrected chi connectivity index (χ2v) is 10.9. The normalized spacial score (nSPS) is 10.2. The highest BCUT2D eigenvalue weighted by molar-refractivity contribution is 6.24. The van der Waals surface area contributed by atoms with E-state index in [0.717, 1.165) is 5.56 Å². The molecule has 4 aliphatic carbocycles. The van der Waals surface area contributed by atoms with Gasteiger partial charge in [0.2, 0.25) is 0 Å². The maximum absolute atomic E-state index is 13.9. The van der Waals surface area contributed by atoms with Crippen LogP contribution in [0.4, 0.5) is 0 Å². The molecule has 0 radical (unpaired) electrons. The van der Waals surface area contributed by atoms with Gasteiger partial charge in [-0.1, -0.05) is 68.4 Å². The first-order valence-corrected chi connectivity index (χ1v) is 15.3. The fraction of sp³-hybridized carbons (Fsp3) is 0.205. The molecular weight excluding hydrogens is 620 g/mol. The Balaban J connectivity index is 2.36. The Labute approximate surface area is 284 Å². The molecule has 0 aliphatic heterocycles. The lowest BCUT2D eigenvalue weighted by Crippen LogP contribution is -2.12. The zero-order chi connectivity index (χ0) is 35.8. The molecule has 0 aromatic heterocycles. The van der Waals surface area contributed by atoms with E-state index in [1.807, 2.05) is 44.2 Å². The topological polar surface area (TPSA) is 174 Å². The average molecular weight is 651 g/mol. The van der Waals surface area contributed by atoms with Gasteiger partial charge in [-0.05, 0) is 59.2 Å². The van der Waals surface area contributed by atoms with E-state index in [-0.39, 0.29) is 69.2 Å². The molecule has 0 unspecified atom stereocenters. The molecule has 0 spiro atoms. The summed E-state index contributed by atoms with van der Waals surface area (Å²) in [6.45, 7) is 7.00. The van der Waals surface area contributed by atoms with Crippen LogP contribution in [0.3, 0.4) is 0 Å². The Bertz CT molecular complexity index is 2080. The van der Waals surface area contributed by atoms with Crippen molar-refractivity contribution in [2.75, 3.05) is 20.3 Å². The Morgan fingerprint density at radius 1 is 0.612 bits per heavy atom. The van der Waals surface area contributed by atoms with Crippen LogP contribution >= 0.6 is 0 Å². The number of hydrogen-bond donors (Lipinski definition) is 0. The Kier molecular flexibility index (Phi) is 10.9. The summed E-state index contributed by atoms with van der Waals surface area (Å²) in [5.74, 6) is -2.45. The number of nitrogens with zero attached hydrogens (tertiary/aromatic N) is 4. The minimum Gasteiger partial charge on any atom is -0.465 e. The third kappa shape index (κ3) is 6.45. The largest absolute Gasteiger partial charge is 0.465 e. The van der Waals surface area contributed by atoms with Crippen molar-refractivity contribution in [2.24, 2.45) is 0 Å². The molecule has 0 aromatic rings. The smallest absolute Gasteiger partial charge is 0.339 e. The highest BCUT2D eigenvalue weighted by Gasteiger charge is 2.38. The van der Waals surface area contributed by atoms with Gasteiger partial charge in [0.1, 0.15) is 35.4 Å². The van der Waals surface area contributed by atoms with Gasteiger partial charge in [-0.15, -0.1) is 0 Å². The van der Waals surface area contributed by atoms with Gasteiger partial charge in [0.25, 0.3) is 0 Å². The van der Waals surface area contributed by atoms with Crippen molar-refractivity contribution in [2.45, 2.75) is 33.6 Å². The van der Waals surface area contributed by atoms with Crippen LogP contribution in [0.5, 0.6) is 0 Å². The lowest BCUT2D eigenvalue weighted by Gasteiger charge is -2.17. The SMILES string of the molecule is CCOC(=O)c1c2cccccc-2c(C(=O)OCC)c1C(=C(C#N)C#N)C(=C(C#N)C#N)c1cc(C(=O)OC)c2cc(C(C)C)cccc1-2. The molecule has 0 atom stereocenters. The summed E-state index contributed by atoms with van der Waals surface area (Å²) in [7, 11) is 1.21. The van der Waals surface area contributed by atoms with Crippen molar-refractivity contribution >= 4 is 29.1 Å². The molecule has 4 aliphatic rings. The number of rotatable bonds is 9. The highest BCUT2D eigenvalue weighted by atomic mass is 16.5. The van der Waals surface area contributed by atoms with Crippen molar-refractivity contribution < 1.29 is 28.6 Å². The number of nitriles is 4. The molecule has 242 valence electrons. The van der Waals surface area contributed by atoms with Gasteiger partial charge in [-0.3, -0.25) is 0 Å². The predicted molar refractivity (Wildman–Crippen MR) is 180 cm³/mol. The summed E-state index contributed by atoms with van der Waals surface area (Å²) in [6.07, 6.45) is 0. The van der Waals surface area contributed by atoms with Crippen LogP contribution < -0.4 is 0 Å². The number of esters is 3. The fourth-order valence-corrected chi connectivity index (χ4v) is 5.74. The van der Waals surface area contributed by atoms with E-state index in [4.69, 9.17) is 14.2 Å². The number of methoxy groups -OCH3 is 1. The zero-order valence-corrected chi connectivity index (χ0v) is 27.5. The molecule has 0 amide bonds. The summed E-state index contributed by atoms with van der Waals surface area (Å²) < 4.78 is 16.0. The van der Waals surface area contributed by atoms with Crippen LogP contribution in [0, 0.1) is 45.3 Å². The molecule has 0 bridgehead atoms.